The van der Waals surface area contributed by atoms with Gasteiger partial charge in [-0.1, -0.05) is 15.9 Å². The highest BCUT2D eigenvalue weighted by Crippen LogP contribution is 2.24. The molecule has 0 atom stereocenters. The summed E-state index contributed by atoms with van der Waals surface area (Å²) >= 11 is 3.13. The first-order chi connectivity index (χ1) is 8.36. The molecule has 0 saturated carbocycles. The van der Waals surface area contributed by atoms with Gasteiger partial charge in [0, 0.05) is 17.1 Å². The molecule has 1 rings (SSSR count). The van der Waals surface area contributed by atoms with Gasteiger partial charge < -0.3 is 11.5 Å². The van der Waals surface area contributed by atoms with Gasteiger partial charge in [-0.2, -0.15) is 0 Å². The standard InChI is InChI=1S/C11H13BrFN3O2/c1-16(18-2)11(17)9(14)4-6-3-7(12)5-8(13)10(6)15/h3-5H,14-15H2,1-2H3/b9-4-. The Morgan fingerprint density at radius 2 is 2.17 bits per heavy atom. The third-order valence-corrected chi connectivity index (χ3v) is 2.70. The van der Waals surface area contributed by atoms with Crippen LogP contribution in [0.3, 0.4) is 0 Å². The molecule has 0 aliphatic carbocycles. The van der Waals surface area contributed by atoms with Crippen molar-refractivity contribution in [1.82, 2.24) is 5.06 Å². The molecule has 0 spiro atoms. The Morgan fingerprint density at radius 1 is 1.56 bits per heavy atom. The third-order valence-electron chi connectivity index (χ3n) is 2.24. The molecule has 5 nitrogen and oxygen atoms in total. The minimum absolute atomic E-state index is 0.0750. The largest absolute Gasteiger partial charge is 0.396 e. The highest BCUT2D eigenvalue weighted by molar-refractivity contribution is 9.10. The van der Waals surface area contributed by atoms with E-state index in [2.05, 4.69) is 15.9 Å². The average molecular weight is 318 g/mol. The number of likely N-dealkylation sites (N-methyl/N-ethyl adjacent to an activating group) is 1. The number of hydrogen-bond acceptors (Lipinski definition) is 4. The molecule has 1 amide bonds. The minimum atomic E-state index is -0.587. The van der Waals surface area contributed by atoms with Gasteiger partial charge >= 0.3 is 0 Å². The summed E-state index contributed by atoms with van der Waals surface area (Å²) in [5.74, 6) is -1.13. The zero-order chi connectivity index (χ0) is 13.9. The molecule has 1 aromatic rings. The van der Waals surface area contributed by atoms with E-state index in [1.807, 2.05) is 0 Å². The van der Waals surface area contributed by atoms with Crippen LogP contribution in [-0.4, -0.2) is 25.1 Å². The van der Waals surface area contributed by atoms with E-state index < -0.39 is 11.7 Å². The first-order valence-electron chi connectivity index (χ1n) is 4.90. The van der Waals surface area contributed by atoms with Crippen molar-refractivity contribution >= 4 is 33.6 Å². The molecular weight excluding hydrogens is 305 g/mol. The van der Waals surface area contributed by atoms with Crippen LogP contribution >= 0.6 is 15.9 Å². The molecule has 0 unspecified atom stereocenters. The van der Waals surface area contributed by atoms with Gasteiger partial charge in [-0.3, -0.25) is 9.63 Å². The van der Waals surface area contributed by atoms with E-state index in [1.165, 1.54) is 26.3 Å². The monoisotopic (exact) mass is 317 g/mol. The maximum absolute atomic E-state index is 13.4. The summed E-state index contributed by atoms with van der Waals surface area (Å²) in [6.07, 6.45) is 1.29. The maximum atomic E-state index is 13.4. The second-order valence-corrected chi connectivity index (χ2v) is 4.39. The van der Waals surface area contributed by atoms with Crippen molar-refractivity contribution in [3.05, 3.63) is 33.7 Å². The number of benzene rings is 1. The summed E-state index contributed by atoms with van der Waals surface area (Å²) in [6, 6.07) is 2.79. The predicted octanol–water partition coefficient (Wildman–Crippen LogP) is 1.49. The molecule has 0 aliphatic rings. The van der Waals surface area contributed by atoms with Crippen molar-refractivity contribution < 1.29 is 14.0 Å². The molecule has 0 aromatic heterocycles. The van der Waals surface area contributed by atoms with Crippen molar-refractivity contribution in [1.29, 1.82) is 0 Å². The fraction of sp³-hybridized carbons (Fsp3) is 0.182. The highest BCUT2D eigenvalue weighted by Gasteiger charge is 2.13. The minimum Gasteiger partial charge on any atom is -0.396 e. The van der Waals surface area contributed by atoms with Crippen LogP contribution in [0.15, 0.2) is 22.3 Å². The number of halogens is 2. The van der Waals surface area contributed by atoms with Crippen LogP contribution in [0.25, 0.3) is 6.08 Å². The Balaban J connectivity index is 3.13. The number of hydroxylamine groups is 2. The third kappa shape index (κ3) is 3.21. The summed E-state index contributed by atoms with van der Waals surface area (Å²) in [7, 11) is 2.74. The van der Waals surface area contributed by atoms with Gasteiger partial charge in [0.05, 0.1) is 12.8 Å². The first kappa shape index (κ1) is 14.5. The smallest absolute Gasteiger partial charge is 0.293 e. The summed E-state index contributed by atoms with van der Waals surface area (Å²) in [5.41, 5.74) is 11.3. The van der Waals surface area contributed by atoms with Gasteiger partial charge in [-0.15, -0.1) is 0 Å². The molecule has 0 saturated heterocycles. The molecule has 98 valence electrons. The van der Waals surface area contributed by atoms with Gasteiger partial charge in [0.25, 0.3) is 5.91 Å². The van der Waals surface area contributed by atoms with E-state index in [4.69, 9.17) is 16.3 Å². The number of hydrogen-bond donors (Lipinski definition) is 2. The van der Waals surface area contributed by atoms with Gasteiger partial charge in [-0.25, -0.2) is 9.45 Å². The number of rotatable bonds is 3. The number of nitrogens with two attached hydrogens (primary N) is 2. The van der Waals surface area contributed by atoms with Gasteiger partial charge in [0.15, 0.2) is 0 Å². The Kier molecular flexibility index (Phi) is 4.69. The number of amides is 1. The van der Waals surface area contributed by atoms with Gasteiger partial charge in [0.1, 0.15) is 11.5 Å². The summed E-state index contributed by atoms with van der Waals surface area (Å²) in [5, 5.41) is 0.955. The maximum Gasteiger partial charge on any atom is 0.293 e. The highest BCUT2D eigenvalue weighted by atomic mass is 79.9. The topological polar surface area (TPSA) is 81.6 Å². The number of nitrogens with zero attached hydrogens (tertiary/aromatic N) is 1. The molecule has 0 bridgehead atoms. The Labute approximate surface area is 112 Å². The van der Waals surface area contributed by atoms with E-state index >= 15 is 0 Å². The molecule has 0 aliphatic heterocycles. The second-order valence-electron chi connectivity index (χ2n) is 3.48. The van der Waals surface area contributed by atoms with Crippen LogP contribution < -0.4 is 11.5 Å². The fourth-order valence-corrected chi connectivity index (χ4v) is 1.67. The van der Waals surface area contributed by atoms with E-state index in [0.717, 1.165) is 5.06 Å². The molecule has 0 radical (unpaired) electrons. The zero-order valence-corrected chi connectivity index (χ0v) is 11.5. The number of anilines is 1. The van der Waals surface area contributed by atoms with E-state index in [1.54, 1.807) is 6.07 Å². The molecule has 1 aromatic carbocycles. The van der Waals surface area contributed by atoms with E-state index in [9.17, 15) is 9.18 Å². The molecule has 18 heavy (non-hydrogen) atoms. The lowest BCUT2D eigenvalue weighted by molar-refractivity contribution is -0.163. The normalized spacial score (nSPS) is 11.4. The van der Waals surface area contributed by atoms with Crippen molar-refractivity contribution in [2.75, 3.05) is 19.9 Å². The van der Waals surface area contributed by atoms with Gasteiger partial charge in [-0.05, 0) is 18.2 Å². The quantitative estimate of drug-likeness (QED) is 0.503. The Morgan fingerprint density at radius 3 is 2.72 bits per heavy atom. The van der Waals surface area contributed by atoms with Crippen LogP contribution in [0.4, 0.5) is 10.1 Å². The van der Waals surface area contributed by atoms with Crippen LogP contribution in [0.5, 0.6) is 0 Å². The van der Waals surface area contributed by atoms with Crippen molar-refractivity contribution in [3.8, 4) is 0 Å². The van der Waals surface area contributed by atoms with Crippen molar-refractivity contribution in [3.63, 3.8) is 0 Å². The lowest BCUT2D eigenvalue weighted by Crippen LogP contribution is -2.30. The molecule has 7 heteroatoms. The first-order valence-corrected chi connectivity index (χ1v) is 5.70. The lowest BCUT2D eigenvalue weighted by atomic mass is 10.1. The van der Waals surface area contributed by atoms with E-state index in [0.29, 0.717) is 10.0 Å². The van der Waals surface area contributed by atoms with Crippen molar-refractivity contribution in [2.45, 2.75) is 0 Å². The van der Waals surface area contributed by atoms with Crippen molar-refractivity contribution in [2.24, 2.45) is 5.73 Å². The van der Waals surface area contributed by atoms with Crippen LogP contribution in [0, 0.1) is 5.82 Å². The lowest BCUT2D eigenvalue weighted by Gasteiger charge is -2.13. The Bertz CT molecular complexity index is 505. The SMILES string of the molecule is CON(C)C(=O)/C(N)=C/c1cc(Br)cc(F)c1N. The summed E-state index contributed by atoms with van der Waals surface area (Å²) < 4.78 is 13.9. The van der Waals surface area contributed by atoms with Crippen LogP contribution in [0.2, 0.25) is 0 Å². The Hall–Kier alpha value is -1.60. The van der Waals surface area contributed by atoms with E-state index in [-0.39, 0.29) is 11.4 Å². The predicted molar refractivity (Wildman–Crippen MR) is 70.5 cm³/mol. The van der Waals surface area contributed by atoms with Crippen LogP contribution in [-0.2, 0) is 9.63 Å². The summed E-state index contributed by atoms with van der Waals surface area (Å²) in [4.78, 5) is 16.3. The molecule has 0 heterocycles. The summed E-state index contributed by atoms with van der Waals surface area (Å²) in [6.45, 7) is 0. The number of carbonyl (C=O) groups excluding carboxylic acids is 1. The number of carbonyl (C=O) groups is 1. The average Bonchev–Trinajstić information content (AvgIpc) is 2.33. The fourth-order valence-electron chi connectivity index (χ4n) is 1.22. The molecule has 4 N–H and O–H groups in total. The molecule has 0 fully saturated rings. The molecular formula is C11H13BrFN3O2. The zero-order valence-electron chi connectivity index (χ0n) is 9.91. The number of nitrogen functional groups attached to an aromatic ring is 1. The van der Waals surface area contributed by atoms with Gasteiger partial charge in [0.2, 0.25) is 0 Å². The second kappa shape index (κ2) is 5.83. The van der Waals surface area contributed by atoms with Crippen LogP contribution in [0.1, 0.15) is 5.56 Å².